The lowest BCUT2D eigenvalue weighted by molar-refractivity contribution is 0.580. The Morgan fingerprint density at radius 3 is 2.82 bits per heavy atom. The summed E-state index contributed by atoms with van der Waals surface area (Å²) in [5, 5.41) is 6.61. The highest BCUT2D eigenvalue weighted by molar-refractivity contribution is 7.89. The topological polar surface area (TPSA) is 104 Å². The SMILES string of the molecule is Cc1n[nH]c(C)c1S(=O)(=O)NCCc1ccc2nc[nH]c2c1. The summed E-state index contributed by atoms with van der Waals surface area (Å²) >= 11 is 0. The fraction of sp³-hybridized carbons (Fsp3) is 0.286. The number of aromatic amines is 2. The standard InChI is InChI=1S/C14H17N5O2S/c1-9-14(10(2)19-18-9)22(20,21)17-6-5-11-3-4-12-13(7-11)16-8-15-12/h3-4,7-8,17H,5-6H2,1-2H3,(H,15,16)(H,18,19). The third-order valence-electron chi connectivity index (χ3n) is 3.52. The summed E-state index contributed by atoms with van der Waals surface area (Å²) in [5.41, 5.74) is 3.91. The Labute approximate surface area is 128 Å². The molecular formula is C14H17N5O2S. The fourth-order valence-electron chi connectivity index (χ4n) is 2.48. The van der Waals surface area contributed by atoms with Crippen LogP contribution in [0, 0.1) is 13.8 Å². The van der Waals surface area contributed by atoms with Gasteiger partial charge in [0.05, 0.1) is 28.7 Å². The molecule has 22 heavy (non-hydrogen) atoms. The predicted molar refractivity (Wildman–Crippen MR) is 83.0 cm³/mol. The number of hydrogen-bond donors (Lipinski definition) is 3. The Balaban J connectivity index is 1.69. The number of sulfonamides is 1. The van der Waals surface area contributed by atoms with Crippen LogP contribution in [-0.4, -0.2) is 35.1 Å². The van der Waals surface area contributed by atoms with Crippen LogP contribution in [0.2, 0.25) is 0 Å². The van der Waals surface area contributed by atoms with E-state index in [0.717, 1.165) is 16.6 Å². The van der Waals surface area contributed by atoms with Crippen LogP contribution in [-0.2, 0) is 16.4 Å². The molecule has 0 saturated heterocycles. The van der Waals surface area contributed by atoms with Crippen LogP contribution in [0.1, 0.15) is 17.0 Å². The molecule has 2 aromatic heterocycles. The molecule has 0 aliphatic heterocycles. The number of aryl methyl sites for hydroxylation is 2. The second-order valence-electron chi connectivity index (χ2n) is 5.16. The Morgan fingerprint density at radius 2 is 2.09 bits per heavy atom. The van der Waals surface area contributed by atoms with Crippen LogP contribution in [0.3, 0.4) is 0 Å². The molecule has 0 atom stereocenters. The van der Waals surface area contributed by atoms with Gasteiger partial charge >= 0.3 is 0 Å². The van der Waals surface area contributed by atoms with Crippen LogP contribution >= 0.6 is 0 Å². The van der Waals surface area contributed by atoms with E-state index in [1.807, 2.05) is 18.2 Å². The van der Waals surface area contributed by atoms with Crippen molar-refractivity contribution in [1.82, 2.24) is 24.9 Å². The van der Waals surface area contributed by atoms with Gasteiger partial charge < -0.3 is 4.98 Å². The number of benzene rings is 1. The molecule has 0 radical (unpaired) electrons. The number of H-pyrrole nitrogens is 2. The molecule has 3 N–H and O–H groups in total. The number of hydrogen-bond acceptors (Lipinski definition) is 4. The first-order valence-corrected chi connectivity index (χ1v) is 8.39. The molecular weight excluding hydrogens is 302 g/mol. The fourth-order valence-corrected chi connectivity index (χ4v) is 3.88. The van der Waals surface area contributed by atoms with Gasteiger partial charge in [0, 0.05) is 6.54 Å². The average Bonchev–Trinajstić information content (AvgIpc) is 3.05. The zero-order chi connectivity index (χ0) is 15.7. The van der Waals surface area contributed by atoms with E-state index < -0.39 is 10.0 Å². The van der Waals surface area contributed by atoms with Crippen molar-refractivity contribution in [3.63, 3.8) is 0 Å². The Hall–Kier alpha value is -2.19. The quantitative estimate of drug-likeness (QED) is 0.661. The highest BCUT2D eigenvalue weighted by atomic mass is 32.2. The number of imidazole rings is 1. The van der Waals surface area contributed by atoms with Crippen LogP contribution in [0.15, 0.2) is 29.4 Å². The lowest BCUT2D eigenvalue weighted by Crippen LogP contribution is -2.26. The molecule has 3 rings (SSSR count). The lowest BCUT2D eigenvalue weighted by atomic mass is 10.1. The maximum atomic E-state index is 12.3. The van der Waals surface area contributed by atoms with Gasteiger partial charge in [0.2, 0.25) is 10.0 Å². The van der Waals surface area contributed by atoms with Crippen molar-refractivity contribution in [1.29, 1.82) is 0 Å². The molecule has 7 nitrogen and oxygen atoms in total. The minimum atomic E-state index is -3.54. The maximum absolute atomic E-state index is 12.3. The molecule has 0 bridgehead atoms. The molecule has 0 saturated carbocycles. The lowest BCUT2D eigenvalue weighted by Gasteiger charge is -2.07. The Morgan fingerprint density at radius 1 is 1.27 bits per heavy atom. The largest absolute Gasteiger partial charge is 0.345 e. The molecule has 0 aliphatic carbocycles. The van der Waals surface area contributed by atoms with Crippen LogP contribution in [0.25, 0.3) is 11.0 Å². The normalized spacial score (nSPS) is 12.1. The van der Waals surface area contributed by atoms with Gasteiger partial charge in [0.15, 0.2) is 0 Å². The Bertz CT molecular complexity index is 891. The van der Waals surface area contributed by atoms with Gasteiger partial charge in [-0.15, -0.1) is 0 Å². The second-order valence-corrected chi connectivity index (χ2v) is 6.87. The molecule has 0 fully saturated rings. The van der Waals surface area contributed by atoms with Crippen LogP contribution in [0.4, 0.5) is 0 Å². The molecule has 0 amide bonds. The van der Waals surface area contributed by atoms with E-state index in [9.17, 15) is 8.42 Å². The van der Waals surface area contributed by atoms with Crippen molar-refractivity contribution < 1.29 is 8.42 Å². The van der Waals surface area contributed by atoms with Gasteiger partial charge in [-0.3, -0.25) is 5.10 Å². The molecule has 2 heterocycles. The van der Waals surface area contributed by atoms with E-state index in [0.29, 0.717) is 24.4 Å². The molecule has 1 aromatic carbocycles. The van der Waals surface area contributed by atoms with Crippen molar-refractivity contribution in [2.75, 3.05) is 6.54 Å². The van der Waals surface area contributed by atoms with E-state index in [4.69, 9.17) is 0 Å². The third-order valence-corrected chi connectivity index (χ3v) is 5.24. The van der Waals surface area contributed by atoms with E-state index in [2.05, 4.69) is 24.9 Å². The van der Waals surface area contributed by atoms with Gasteiger partial charge in [-0.1, -0.05) is 6.07 Å². The summed E-state index contributed by atoms with van der Waals surface area (Å²) < 4.78 is 27.2. The number of rotatable bonds is 5. The van der Waals surface area contributed by atoms with Crippen LogP contribution < -0.4 is 4.72 Å². The zero-order valence-corrected chi connectivity index (χ0v) is 13.2. The van der Waals surface area contributed by atoms with Gasteiger partial charge in [-0.25, -0.2) is 18.1 Å². The van der Waals surface area contributed by atoms with Gasteiger partial charge in [-0.2, -0.15) is 5.10 Å². The van der Waals surface area contributed by atoms with Crippen molar-refractivity contribution >= 4 is 21.1 Å². The number of aromatic nitrogens is 4. The van der Waals surface area contributed by atoms with Crippen molar-refractivity contribution in [3.05, 3.63) is 41.5 Å². The average molecular weight is 319 g/mol. The first-order valence-electron chi connectivity index (χ1n) is 6.90. The number of nitrogens with one attached hydrogen (secondary N) is 3. The first-order chi connectivity index (χ1) is 10.5. The third kappa shape index (κ3) is 2.75. The molecule has 3 aromatic rings. The summed E-state index contributed by atoms with van der Waals surface area (Å²) in [6, 6.07) is 5.84. The predicted octanol–water partition coefficient (Wildman–Crippen LogP) is 1.42. The van der Waals surface area contributed by atoms with Gasteiger partial charge in [0.25, 0.3) is 0 Å². The molecule has 0 aliphatic rings. The smallest absolute Gasteiger partial charge is 0.244 e. The van der Waals surface area contributed by atoms with Crippen LogP contribution in [0.5, 0.6) is 0 Å². The highest BCUT2D eigenvalue weighted by Gasteiger charge is 2.21. The molecule has 0 spiro atoms. The van der Waals surface area contributed by atoms with Crippen molar-refractivity contribution in [2.45, 2.75) is 25.2 Å². The maximum Gasteiger partial charge on any atom is 0.244 e. The first kappa shape index (κ1) is 14.7. The number of nitrogens with zero attached hydrogens (tertiary/aromatic N) is 2. The summed E-state index contributed by atoms with van der Waals surface area (Å²) in [6.07, 6.45) is 2.24. The Kier molecular flexibility index (Phi) is 3.71. The monoisotopic (exact) mass is 319 g/mol. The summed E-state index contributed by atoms with van der Waals surface area (Å²) in [4.78, 5) is 7.43. The summed E-state index contributed by atoms with van der Waals surface area (Å²) in [6.45, 7) is 3.69. The summed E-state index contributed by atoms with van der Waals surface area (Å²) in [7, 11) is -3.54. The highest BCUT2D eigenvalue weighted by Crippen LogP contribution is 2.16. The molecule has 0 unspecified atom stereocenters. The molecule has 116 valence electrons. The minimum absolute atomic E-state index is 0.233. The zero-order valence-electron chi connectivity index (χ0n) is 12.3. The van der Waals surface area contributed by atoms with E-state index >= 15 is 0 Å². The van der Waals surface area contributed by atoms with E-state index in [1.165, 1.54) is 0 Å². The molecule has 8 heteroatoms. The van der Waals surface area contributed by atoms with Gasteiger partial charge in [0.1, 0.15) is 4.90 Å². The van der Waals surface area contributed by atoms with Crippen molar-refractivity contribution in [3.8, 4) is 0 Å². The van der Waals surface area contributed by atoms with E-state index in [1.54, 1.807) is 20.2 Å². The van der Waals surface area contributed by atoms with Crippen molar-refractivity contribution in [2.24, 2.45) is 0 Å². The minimum Gasteiger partial charge on any atom is -0.345 e. The number of fused-ring (bicyclic) bond motifs is 1. The van der Waals surface area contributed by atoms with E-state index in [-0.39, 0.29) is 4.90 Å². The van der Waals surface area contributed by atoms with Gasteiger partial charge in [-0.05, 0) is 38.0 Å². The second kappa shape index (κ2) is 5.54. The summed E-state index contributed by atoms with van der Waals surface area (Å²) in [5.74, 6) is 0.